The highest BCUT2D eigenvalue weighted by Gasteiger charge is 2.20. The van der Waals surface area contributed by atoms with Crippen LogP contribution < -0.4 is 11.1 Å². The quantitative estimate of drug-likeness (QED) is 0.594. The first-order valence-electron chi connectivity index (χ1n) is 9.36. The zero-order valence-electron chi connectivity index (χ0n) is 16.4. The lowest BCUT2D eigenvalue weighted by Crippen LogP contribution is -2.37. The fourth-order valence-corrected chi connectivity index (χ4v) is 4.01. The maximum atomic E-state index is 13.1. The average molecular weight is 414 g/mol. The van der Waals surface area contributed by atoms with Crippen LogP contribution in [0.3, 0.4) is 0 Å². The van der Waals surface area contributed by atoms with E-state index in [-0.39, 0.29) is 18.3 Å². The SMILES string of the molecule is Cc1cc(C(=O)NCC(Cc2ccc(F)cc2)C(N)=O)c(C)n1Cc1cccs1. The van der Waals surface area contributed by atoms with Crippen molar-refractivity contribution in [2.75, 3.05) is 6.54 Å². The minimum absolute atomic E-state index is 0.125. The monoisotopic (exact) mass is 413 g/mol. The number of halogens is 1. The molecular weight excluding hydrogens is 389 g/mol. The Balaban J connectivity index is 1.67. The molecule has 2 aromatic heterocycles. The molecule has 0 spiro atoms. The van der Waals surface area contributed by atoms with Crippen molar-refractivity contribution in [2.24, 2.45) is 11.7 Å². The maximum absolute atomic E-state index is 13.1. The summed E-state index contributed by atoms with van der Waals surface area (Å²) in [5, 5.41) is 4.86. The van der Waals surface area contributed by atoms with Crippen LogP contribution in [0, 0.1) is 25.6 Å². The number of amides is 2. The first kappa shape index (κ1) is 20.8. The molecule has 3 rings (SSSR count). The molecule has 0 bridgehead atoms. The van der Waals surface area contributed by atoms with E-state index in [1.54, 1.807) is 23.5 Å². The lowest BCUT2D eigenvalue weighted by atomic mass is 9.98. The van der Waals surface area contributed by atoms with Crippen molar-refractivity contribution in [1.82, 2.24) is 9.88 Å². The minimum atomic E-state index is -0.570. The summed E-state index contributed by atoms with van der Waals surface area (Å²) in [4.78, 5) is 25.8. The van der Waals surface area contributed by atoms with E-state index >= 15 is 0 Å². The van der Waals surface area contributed by atoms with Gasteiger partial charge in [0.25, 0.3) is 5.91 Å². The Kier molecular flexibility index (Phi) is 6.49. The van der Waals surface area contributed by atoms with E-state index in [1.807, 2.05) is 31.4 Å². The highest BCUT2D eigenvalue weighted by atomic mass is 32.1. The molecule has 0 radical (unpaired) electrons. The zero-order chi connectivity index (χ0) is 21.0. The molecule has 29 heavy (non-hydrogen) atoms. The number of primary amides is 1. The third-order valence-corrected chi connectivity index (χ3v) is 5.88. The van der Waals surface area contributed by atoms with Crippen LogP contribution in [0.15, 0.2) is 47.8 Å². The standard InChI is InChI=1S/C22H24FN3O2S/c1-14-10-20(15(2)26(14)13-19-4-3-9-29-19)22(28)25-12-17(21(24)27)11-16-5-7-18(23)8-6-16/h3-10,17H,11-13H2,1-2H3,(H2,24,27)(H,25,28). The molecule has 3 aromatic rings. The van der Waals surface area contributed by atoms with Gasteiger partial charge in [0.1, 0.15) is 5.82 Å². The second-order valence-corrected chi connectivity index (χ2v) is 8.12. The summed E-state index contributed by atoms with van der Waals surface area (Å²) in [6.07, 6.45) is 0.341. The fourth-order valence-electron chi connectivity index (χ4n) is 3.32. The first-order valence-corrected chi connectivity index (χ1v) is 10.2. The molecule has 1 atom stereocenters. The Bertz CT molecular complexity index is 994. The fraction of sp³-hybridized carbons (Fsp3) is 0.273. The highest BCUT2D eigenvalue weighted by molar-refractivity contribution is 7.09. The lowest BCUT2D eigenvalue weighted by molar-refractivity contribution is -0.121. The summed E-state index contributed by atoms with van der Waals surface area (Å²) in [5.74, 6) is -1.65. The first-order chi connectivity index (χ1) is 13.8. The topological polar surface area (TPSA) is 77.1 Å². The summed E-state index contributed by atoms with van der Waals surface area (Å²) < 4.78 is 15.2. The molecule has 0 aliphatic carbocycles. The van der Waals surface area contributed by atoms with Crippen molar-refractivity contribution in [3.63, 3.8) is 0 Å². The van der Waals surface area contributed by atoms with Gasteiger partial charge in [0.15, 0.2) is 0 Å². The second kappa shape index (κ2) is 9.05. The number of nitrogens with zero attached hydrogens (tertiary/aromatic N) is 1. The Labute approximate surface area is 173 Å². The summed E-state index contributed by atoms with van der Waals surface area (Å²) >= 11 is 1.68. The summed E-state index contributed by atoms with van der Waals surface area (Å²) in [6.45, 7) is 4.73. The molecule has 1 unspecified atom stereocenters. The molecule has 0 fully saturated rings. The number of benzene rings is 1. The smallest absolute Gasteiger partial charge is 0.253 e. The number of aryl methyl sites for hydroxylation is 1. The van der Waals surface area contributed by atoms with E-state index in [1.165, 1.54) is 17.0 Å². The van der Waals surface area contributed by atoms with Gasteiger partial charge in [-0.05, 0) is 55.5 Å². The largest absolute Gasteiger partial charge is 0.369 e. The highest BCUT2D eigenvalue weighted by Crippen LogP contribution is 2.19. The van der Waals surface area contributed by atoms with E-state index in [9.17, 15) is 14.0 Å². The molecule has 2 amide bonds. The van der Waals surface area contributed by atoms with Gasteiger partial charge < -0.3 is 15.6 Å². The van der Waals surface area contributed by atoms with Crippen molar-refractivity contribution >= 4 is 23.2 Å². The molecule has 0 aliphatic rings. The van der Waals surface area contributed by atoms with Gasteiger partial charge in [-0.2, -0.15) is 0 Å². The normalized spacial score (nSPS) is 12.0. The third kappa shape index (κ3) is 5.12. The van der Waals surface area contributed by atoms with Crippen molar-refractivity contribution in [3.8, 4) is 0 Å². The number of rotatable bonds is 8. The number of hydrogen-bond acceptors (Lipinski definition) is 3. The van der Waals surface area contributed by atoms with E-state index in [2.05, 4.69) is 16.0 Å². The number of nitrogens with one attached hydrogen (secondary N) is 1. The second-order valence-electron chi connectivity index (χ2n) is 7.09. The van der Waals surface area contributed by atoms with Crippen LogP contribution >= 0.6 is 11.3 Å². The van der Waals surface area contributed by atoms with Crippen LogP contribution in [-0.4, -0.2) is 22.9 Å². The summed E-state index contributed by atoms with van der Waals surface area (Å²) in [7, 11) is 0. The number of hydrogen-bond donors (Lipinski definition) is 2. The van der Waals surface area contributed by atoms with Gasteiger partial charge in [-0.25, -0.2) is 4.39 Å². The van der Waals surface area contributed by atoms with Crippen LogP contribution in [0.1, 0.15) is 32.2 Å². The van der Waals surface area contributed by atoms with E-state index in [4.69, 9.17) is 5.73 Å². The van der Waals surface area contributed by atoms with Crippen LogP contribution in [0.5, 0.6) is 0 Å². The molecule has 2 heterocycles. The van der Waals surface area contributed by atoms with E-state index in [0.717, 1.165) is 23.5 Å². The molecule has 7 heteroatoms. The Morgan fingerprint density at radius 1 is 1.21 bits per heavy atom. The lowest BCUT2D eigenvalue weighted by Gasteiger charge is -2.15. The zero-order valence-corrected chi connectivity index (χ0v) is 17.3. The Morgan fingerprint density at radius 3 is 2.55 bits per heavy atom. The molecule has 3 N–H and O–H groups in total. The minimum Gasteiger partial charge on any atom is -0.369 e. The molecule has 152 valence electrons. The number of carbonyl (C=O) groups is 2. The van der Waals surface area contributed by atoms with Crippen molar-refractivity contribution in [2.45, 2.75) is 26.8 Å². The van der Waals surface area contributed by atoms with Crippen molar-refractivity contribution in [3.05, 3.63) is 81.1 Å². The molecular formula is C22H24FN3O2S. The van der Waals surface area contributed by atoms with Crippen LogP contribution in [0.4, 0.5) is 4.39 Å². The molecule has 5 nitrogen and oxygen atoms in total. The summed E-state index contributed by atoms with van der Waals surface area (Å²) in [5.41, 5.74) is 8.76. The van der Waals surface area contributed by atoms with E-state index in [0.29, 0.717) is 12.0 Å². The van der Waals surface area contributed by atoms with Crippen LogP contribution in [0.25, 0.3) is 0 Å². The average Bonchev–Trinajstić information content (AvgIpc) is 3.30. The molecule has 0 saturated heterocycles. The van der Waals surface area contributed by atoms with Gasteiger partial charge in [0, 0.05) is 22.8 Å². The van der Waals surface area contributed by atoms with Gasteiger partial charge in [-0.3, -0.25) is 9.59 Å². The number of aromatic nitrogens is 1. The predicted molar refractivity (Wildman–Crippen MR) is 112 cm³/mol. The number of nitrogens with two attached hydrogens (primary N) is 1. The van der Waals surface area contributed by atoms with Gasteiger partial charge in [-0.1, -0.05) is 18.2 Å². The Hall–Kier alpha value is -2.93. The van der Waals surface area contributed by atoms with Gasteiger partial charge in [0.2, 0.25) is 5.91 Å². The van der Waals surface area contributed by atoms with Crippen LogP contribution in [0.2, 0.25) is 0 Å². The number of thiophene rings is 1. The molecule has 1 aromatic carbocycles. The van der Waals surface area contributed by atoms with Crippen molar-refractivity contribution < 1.29 is 14.0 Å². The molecule has 0 saturated carbocycles. The Morgan fingerprint density at radius 2 is 1.93 bits per heavy atom. The summed E-state index contributed by atoms with van der Waals surface area (Å²) in [6, 6.07) is 11.8. The van der Waals surface area contributed by atoms with Gasteiger partial charge >= 0.3 is 0 Å². The third-order valence-electron chi connectivity index (χ3n) is 5.02. The van der Waals surface area contributed by atoms with E-state index < -0.39 is 11.8 Å². The molecule has 0 aliphatic heterocycles. The van der Waals surface area contributed by atoms with Crippen LogP contribution in [-0.2, 0) is 17.8 Å². The maximum Gasteiger partial charge on any atom is 0.253 e. The predicted octanol–water partition coefficient (Wildman–Crippen LogP) is 3.43. The number of carbonyl (C=O) groups excluding carboxylic acids is 2. The van der Waals surface area contributed by atoms with Crippen molar-refractivity contribution in [1.29, 1.82) is 0 Å². The van der Waals surface area contributed by atoms with Gasteiger partial charge in [0.05, 0.1) is 18.0 Å². The van der Waals surface area contributed by atoms with Gasteiger partial charge in [-0.15, -0.1) is 11.3 Å².